The van der Waals surface area contributed by atoms with Crippen LogP contribution in [0.3, 0.4) is 0 Å². The number of hydrogen-bond acceptors (Lipinski definition) is 3. The average Bonchev–Trinajstić information content (AvgIpc) is 2.81. The summed E-state index contributed by atoms with van der Waals surface area (Å²) in [4.78, 5) is 13.5. The summed E-state index contributed by atoms with van der Waals surface area (Å²) in [7, 11) is 1.68. The van der Waals surface area contributed by atoms with E-state index in [4.69, 9.17) is 4.74 Å². The molecule has 1 aliphatic heterocycles. The van der Waals surface area contributed by atoms with Crippen molar-refractivity contribution in [3.63, 3.8) is 0 Å². The van der Waals surface area contributed by atoms with Crippen LogP contribution in [0.5, 0.6) is 5.75 Å². The van der Waals surface area contributed by atoms with Gasteiger partial charge in [0.15, 0.2) is 0 Å². The first kappa shape index (κ1) is 14.9. The molecule has 4 nitrogen and oxygen atoms in total. The number of aliphatic carboxylic acids is 1. The zero-order valence-corrected chi connectivity index (χ0v) is 12.4. The minimum absolute atomic E-state index is 0.0946. The van der Waals surface area contributed by atoms with Crippen LogP contribution in [0.25, 0.3) is 0 Å². The number of likely N-dealkylation sites (tertiary alicyclic amines) is 1. The lowest BCUT2D eigenvalue weighted by molar-refractivity contribution is -0.142. The zero-order chi connectivity index (χ0) is 14.7. The van der Waals surface area contributed by atoms with Crippen molar-refractivity contribution < 1.29 is 14.6 Å². The molecule has 3 unspecified atom stereocenters. The monoisotopic (exact) mass is 277 g/mol. The Morgan fingerprint density at radius 1 is 1.50 bits per heavy atom. The van der Waals surface area contributed by atoms with Gasteiger partial charge in [-0.25, -0.2) is 0 Å². The Labute approximate surface area is 120 Å². The second-order valence-electron chi connectivity index (χ2n) is 5.58. The summed E-state index contributed by atoms with van der Waals surface area (Å²) in [6.07, 6.45) is 1.62. The maximum absolute atomic E-state index is 11.2. The number of ether oxygens (including phenoxy) is 1. The molecule has 1 saturated heterocycles. The van der Waals surface area contributed by atoms with E-state index in [0.29, 0.717) is 6.04 Å². The van der Waals surface area contributed by atoms with Crippen LogP contribution in [-0.4, -0.2) is 41.7 Å². The predicted octanol–water partition coefficient (Wildman–Crippen LogP) is 2.42. The van der Waals surface area contributed by atoms with E-state index in [2.05, 4.69) is 17.9 Å². The molecule has 0 spiro atoms. The first-order valence-electron chi connectivity index (χ1n) is 7.15. The van der Waals surface area contributed by atoms with Gasteiger partial charge in [0.1, 0.15) is 5.75 Å². The SMILES string of the molecule is COc1ccccc1CC(C)N1CCC(C(=O)O)C1C. The second kappa shape index (κ2) is 6.27. The first-order chi connectivity index (χ1) is 9.54. The number of nitrogens with zero attached hydrogens (tertiary/aromatic N) is 1. The fourth-order valence-corrected chi connectivity index (χ4v) is 3.22. The van der Waals surface area contributed by atoms with Gasteiger partial charge in [0.25, 0.3) is 0 Å². The number of hydrogen-bond donors (Lipinski definition) is 1. The Bertz CT molecular complexity index is 475. The molecular weight excluding hydrogens is 254 g/mol. The summed E-state index contributed by atoms with van der Waals surface area (Å²) >= 11 is 0. The molecule has 4 heteroatoms. The molecule has 1 heterocycles. The van der Waals surface area contributed by atoms with Gasteiger partial charge in [-0.2, -0.15) is 0 Å². The van der Waals surface area contributed by atoms with E-state index in [9.17, 15) is 9.90 Å². The first-order valence-corrected chi connectivity index (χ1v) is 7.15. The molecule has 1 aromatic rings. The van der Waals surface area contributed by atoms with Gasteiger partial charge < -0.3 is 9.84 Å². The van der Waals surface area contributed by atoms with Gasteiger partial charge in [0.05, 0.1) is 13.0 Å². The Morgan fingerprint density at radius 2 is 2.20 bits per heavy atom. The van der Waals surface area contributed by atoms with E-state index < -0.39 is 5.97 Å². The lowest BCUT2D eigenvalue weighted by atomic mass is 10.0. The highest BCUT2D eigenvalue weighted by molar-refractivity contribution is 5.71. The fourth-order valence-electron chi connectivity index (χ4n) is 3.22. The highest BCUT2D eigenvalue weighted by Crippen LogP contribution is 2.29. The van der Waals surface area contributed by atoms with E-state index in [1.807, 2.05) is 25.1 Å². The molecule has 1 aliphatic rings. The molecule has 2 rings (SSSR count). The Kier molecular flexibility index (Phi) is 4.65. The number of carbonyl (C=O) groups is 1. The van der Waals surface area contributed by atoms with Crippen LogP contribution in [-0.2, 0) is 11.2 Å². The number of para-hydroxylation sites is 1. The Balaban J connectivity index is 2.05. The normalized spacial score (nSPS) is 24.6. The van der Waals surface area contributed by atoms with Crippen LogP contribution in [0.15, 0.2) is 24.3 Å². The van der Waals surface area contributed by atoms with Crippen molar-refractivity contribution in [3.05, 3.63) is 29.8 Å². The van der Waals surface area contributed by atoms with Crippen molar-refractivity contribution in [3.8, 4) is 5.75 Å². The molecular formula is C16H23NO3. The number of benzene rings is 1. The molecule has 0 amide bonds. The van der Waals surface area contributed by atoms with Crippen LogP contribution in [0.4, 0.5) is 0 Å². The Hall–Kier alpha value is -1.55. The highest BCUT2D eigenvalue weighted by atomic mass is 16.5. The van der Waals surface area contributed by atoms with E-state index in [0.717, 1.165) is 25.1 Å². The van der Waals surface area contributed by atoms with E-state index in [1.54, 1.807) is 7.11 Å². The lowest BCUT2D eigenvalue weighted by Crippen LogP contribution is -2.40. The molecule has 1 fully saturated rings. The van der Waals surface area contributed by atoms with E-state index in [-0.39, 0.29) is 12.0 Å². The van der Waals surface area contributed by atoms with E-state index >= 15 is 0 Å². The largest absolute Gasteiger partial charge is 0.496 e. The van der Waals surface area contributed by atoms with Crippen molar-refractivity contribution in [2.24, 2.45) is 5.92 Å². The third-order valence-electron chi connectivity index (χ3n) is 4.39. The van der Waals surface area contributed by atoms with Gasteiger partial charge in [0, 0.05) is 12.1 Å². The van der Waals surface area contributed by atoms with Gasteiger partial charge >= 0.3 is 5.97 Å². The molecule has 110 valence electrons. The van der Waals surface area contributed by atoms with Crippen molar-refractivity contribution >= 4 is 5.97 Å². The summed E-state index contributed by atoms with van der Waals surface area (Å²) in [6, 6.07) is 8.42. The smallest absolute Gasteiger partial charge is 0.308 e. The summed E-state index contributed by atoms with van der Waals surface area (Å²) in [5.74, 6) is -0.0133. The van der Waals surface area contributed by atoms with Crippen LogP contribution in [0, 0.1) is 5.92 Å². The van der Waals surface area contributed by atoms with Gasteiger partial charge in [-0.05, 0) is 44.9 Å². The summed E-state index contributed by atoms with van der Waals surface area (Å²) in [6.45, 7) is 5.03. The third-order valence-corrected chi connectivity index (χ3v) is 4.39. The highest BCUT2D eigenvalue weighted by Gasteiger charge is 2.37. The average molecular weight is 277 g/mol. The summed E-state index contributed by atoms with van der Waals surface area (Å²) in [5.41, 5.74) is 1.17. The van der Waals surface area contributed by atoms with Crippen LogP contribution < -0.4 is 4.74 Å². The van der Waals surface area contributed by atoms with Crippen LogP contribution >= 0.6 is 0 Å². The van der Waals surface area contributed by atoms with Crippen molar-refractivity contribution in [2.45, 2.75) is 38.8 Å². The fraction of sp³-hybridized carbons (Fsp3) is 0.562. The quantitative estimate of drug-likeness (QED) is 0.898. The molecule has 0 aliphatic carbocycles. The van der Waals surface area contributed by atoms with Gasteiger partial charge in [0.2, 0.25) is 0 Å². The molecule has 0 bridgehead atoms. The predicted molar refractivity (Wildman–Crippen MR) is 78.1 cm³/mol. The summed E-state index contributed by atoms with van der Waals surface area (Å²) < 4.78 is 5.38. The molecule has 0 aromatic heterocycles. The third kappa shape index (κ3) is 2.96. The molecule has 3 atom stereocenters. The second-order valence-corrected chi connectivity index (χ2v) is 5.58. The van der Waals surface area contributed by atoms with Gasteiger partial charge in [-0.15, -0.1) is 0 Å². The minimum Gasteiger partial charge on any atom is -0.496 e. The molecule has 0 saturated carbocycles. The van der Waals surface area contributed by atoms with Crippen LogP contribution in [0.1, 0.15) is 25.8 Å². The van der Waals surface area contributed by atoms with E-state index in [1.165, 1.54) is 5.56 Å². The number of carboxylic acids is 1. The Morgan fingerprint density at radius 3 is 2.80 bits per heavy atom. The summed E-state index contributed by atoms with van der Waals surface area (Å²) in [5, 5.41) is 9.21. The maximum Gasteiger partial charge on any atom is 0.308 e. The lowest BCUT2D eigenvalue weighted by Gasteiger charge is -2.30. The number of carboxylic acid groups (broad SMARTS) is 1. The topological polar surface area (TPSA) is 49.8 Å². The van der Waals surface area contributed by atoms with Gasteiger partial charge in [-0.1, -0.05) is 18.2 Å². The zero-order valence-electron chi connectivity index (χ0n) is 12.4. The van der Waals surface area contributed by atoms with Crippen molar-refractivity contribution in [1.29, 1.82) is 0 Å². The minimum atomic E-state index is -0.676. The molecule has 20 heavy (non-hydrogen) atoms. The molecule has 1 N–H and O–H groups in total. The molecule has 1 aromatic carbocycles. The molecule has 0 radical (unpaired) electrons. The number of methoxy groups -OCH3 is 1. The standard InChI is InChI=1S/C16H23NO3/c1-11(10-13-6-4-5-7-15(13)20-3)17-9-8-14(12(17)2)16(18)19/h4-7,11-12,14H,8-10H2,1-3H3,(H,18,19). The van der Waals surface area contributed by atoms with Crippen LogP contribution in [0.2, 0.25) is 0 Å². The van der Waals surface area contributed by atoms with Crippen molar-refractivity contribution in [2.75, 3.05) is 13.7 Å². The van der Waals surface area contributed by atoms with Crippen molar-refractivity contribution in [1.82, 2.24) is 4.90 Å². The number of rotatable bonds is 5. The maximum atomic E-state index is 11.2. The van der Waals surface area contributed by atoms with Gasteiger partial charge in [-0.3, -0.25) is 9.69 Å².